The highest BCUT2D eigenvalue weighted by Crippen LogP contribution is 2.16. The molecule has 0 spiro atoms. The quantitative estimate of drug-likeness (QED) is 0.550. The number of aromatic nitrogens is 1. The van der Waals surface area contributed by atoms with Gasteiger partial charge in [-0.05, 0) is 19.4 Å². The molecule has 24 heavy (non-hydrogen) atoms. The van der Waals surface area contributed by atoms with Crippen molar-refractivity contribution in [2.75, 3.05) is 13.6 Å². The Kier molecular flexibility index (Phi) is 6.74. The van der Waals surface area contributed by atoms with Crippen molar-refractivity contribution in [2.24, 2.45) is 4.99 Å². The average Bonchev–Trinajstić information content (AvgIpc) is 2.91. The maximum Gasteiger partial charge on any atom is 0.239 e. The molecule has 1 aromatic carbocycles. The van der Waals surface area contributed by atoms with Crippen molar-refractivity contribution in [1.29, 1.82) is 0 Å². The number of nitrogens with one attached hydrogen (secondary N) is 3. The van der Waals surface area contributed by atoms with Crippen LogP contribution in [0.4, 0.5) is 0 Å². The van der Waals surface area contributed by atoms with Crippen molar-refractivity contribution < 1.29 is 4.79 Å². The van der Waals surface area contributed by atoms with Crippen LogP contribution in [0.2, 0.25) is 0 Å². The van der Waals surface area contributed by atoms with Crippen molar-refractivity contribution in [2.45, 2.75) is 26.9 Å². The fraction of sp³-hybridized carbons (Fsp3) is 0.353. The number of carbonyl (C=O) groups excluding carboxylic acids is 1. The highest BCUT2D eigenvalue weighted by molar-refractivity contribution is 7.11. The van der Waals surface area contributed by atoms with E-state index in [0.717, 1.165) is 16.3 Å². The molecular weight excluding hydrogens is 322 g/mol. The normalized spacial score (nSPS) is 11.2. The Morgan fingerprint density at radius 1 is 1.12 bits per heavy atom. The van der Waals surface area contributed by atoms with Gasteiger partial charge in [0.2, 0.25) is 5.91 Å². The molecule has 0 bridgehead atoms. The molecular formula is C17H23N5OS. The first-order valence-corrected chi connectivity index (χ1v) is 8.58. The molecule has 0 saturated heterocycles. The molecule has 7 heteroatoms. The Hall–Kier alpha value is -2.41. The van der Waals surface area contributed by atoms with E-state index in [2.05, 4.69) is 25.9 Å². The number of thiazole rings is 1. The van der Waals surface area contributed by atoms with E-state index < -0.39 is 0 Å². The van der Waals surface area contributed by atoms with Gasteiger partial charge in [-0.1, -0.05) is 30.3 Å². The van der Waals surface area contributed by atoms with E-state index in [4.69, 9.17) is 0 Å². The molecule has 2 aromatic rings. The molecule has 2 rings (SSSR count). The first-order valence-electron chi connectivity index (χ1n) is 7.76. The van der Waals surface area contributed by atoms with E-state index in [1.807, 2.05) is 44.2 Å². The molecule has 0 unspecified atom stereocenters. The van der Waals surface area contributed by atoms with E-state index in [1.165, 1.54) is 4.88 Å². The SMILES string of the molecule is CN=C(NCC(=O)NCc1ccccc1)NCc1sc(C)nc1C. The van der Waals surface area contributed by atoms with Crippen LogP contribution in [0, 0.1) is 13.8 Å². The standard InChI is InChI=1S/C17H23N5OS/c1-12-15(24-13(2)22-12)10-20-17(18-3)21-11-16(23)19-9-14-7-5-4-6-8-14/h4-8H,9-11H2,1-3H3,(H,19,23)(H2,18,20,21). The summed E-state index contributed by atoms with van der Waals surface area (Å²) in [6.45, 7) is 5.32. The molecule has 128 valence electrons. The average molecular weight is 345 g/mol. The van der Waals surface area contributed by atoms with Crippen LogP contribution in [-0.2, 0) is 17.9 Å². The number of benzene rings is 1. The zero-order valence-electron chi connectivity index (χ0n) is 14.2. The molecule has 0 aliphatic heterocycles. The fourth-order valence-corrected chi connectivity index (χ4v) is 3.02. The van der Waals surface area contributed by atoms with Crippen molar-refractivity contribution in [3.8, 4) is 0 Å². The van der Waals surface area contributed by atoms with Crippen LogP contribution >= 0.6 is 11.3 Å². The summed E-state index contributed by atoms with van der Waals surface area (Å²) < 4.78 is 0. The van der Waals surface area contributed by atoms with Crippen LogP contribution < -0.4 is 16.0 Å². The fourth-order valence-electron chi connectivity index (χ4n) is 2.15. The van der Waals surface area contributed by atoms with Gasteiger partial charge in [0.25, 0.3) is 0 Å². The zero-order valence-corrected chi connectivity index (χ0v) is 15.0. The molecule has 6 nitrogen and oxygen atoms in total. The Morgan fingerprint density at radius 2 is 1.88 bits per heavy atom. The third-order valence-electron chi connectivity index (χ3n) is 3.39. The smallest absolute Gasteiger partial charge is 0.239 e. The van der Waals surface area contributed by atoms with Crippen molar-refractivity contribution in [1.82, 2.24) is 20.9 Å². The number of carbonyl (C=O) groups is 1. The number of aliphatic imine (C=N–C) groups is 1. The Labute approximate surface area is 146 Å². The maximum absolute atomic E-state index is 11.9. The highest BCUT2D eigenvalue weighted by atomic mass is 32.1. The molecule has 0 fully saturated rings. The van der Waals surface area contributed by atoms with Gasteiger partial charge in [0.15, 0.2) is 5.96 Å². The molecule has 0 aliphatic rings. The first kappa shape index (κ1) is 17.9. The second kappa shape index (κ2) is 9.02. The Bertz CT molecular complexity index is 696. The van der Waals surface area contributed by atoms with Crippen LogP contribution in [0.3, 0.4) is 0 Å². The van der Waals surface area contributed by atoms with Gasteiger partial charge in [-0.25, -0.2) is 4.98 Å². The minimum absolute atomic E-state index is 0.0772. The summed E-state index contributed by atoms with van der Waals surface area (Å²) >= 11 is 1.66. The van der Waals surface area contributed by atoms with Gasteiger partial charge in [0.05, 0.1) is 23.8 Å². The van der Waals surface area contributed by atoms with Crippen molar-refractivity contribution >= 4 is 23.2 Å². The summed E-state index contributed by atoms with van der Waals surface area (Å²) in [5.74, 6) is 0.516. The summed E-state index contributed by atoms with van der Waals surface area (Å²) in [5.41, 5.74) is 2.10. The minimum Gasteiger partial charge on any atom is -0.351 e. The van der Waals surface area contributed by atoms with Gasteiger partial charge in [0, 0.05) is 18.5 Å². The number of hydrogen-bond donors (Lipinski definition) is 3. The van der Waals surface area contributed by atoms with E-state index in [1.54, 1.807) is 18.4 Å². The summed E-state index contributed by atoms with van der Waals surface area (Å²) in [7, 11) is 1.68. The second-order valence-electron chi connectivity index (χ2n) is 5.28. The third-order valence-corrected chi connectivity index (χ3v) is 4.46. The predicted molar refractivity (Wildman–Crippen MR) is 98.1 cm³/mol. The number of amides is 1. The summed E-state index contributed by atoms with van der Waals surface area (Å²) in [4.78, 5) is 21.6. The van der Waals surface area contributed by atoms with Gasteiger partial charge >= 0.3 is 0 Å². The molecule has 0 atom stereocenters. The lowest BCUT2D eigenvalue weighted by Crippen LogP contribution is -2.42. The Balaban J connectivity index is 1.72. The molecule has 1 aromatic heterocycles. The molecule has 0 saturated carbocycles. The van der Waals surface area contributed by atoms with Gasteiger partial charge in [0.1, 0.15) is 0 Å². The first-order chi connectivity index (χ1) is 11.6. The van der Waals surface area contributed by atoms with E-state index >= 15 is 0 Å². The summed E-state index contributed by atoms with van der Waals surface area (Å²) in [6.07, 6.45) is 0. The highest BCUT2D eigenvalue weighted by Gasteiger charge is 2.07. The van der Waals surface area contributed by atoms with E-state index in [0.29, 0.717) is 19.0 Å². The van der Waals surface area contributed by atoms with Crippen LogP contribution in [0.15, 0.2) is 35.3 Å². The van der Waals surface area contributed by atoms with Crippen LogP contribution in [-0.4, -0.2) is 30.4 Å². The summed E-state index contributed by atoms with van der Waals surface area (Å²) in [5, 5.41) is 10.1. The minimum atomic E-state index is -0.0772. The van der Waals surface area contributed by atoms with E-state index in [-0.39, 0.29) is 12.5 Å². The van der Waals surface area contributed by atoms with Crippen LogP contribution in [0.5, 0.6) is 0 Å². The molecule has 3 N–H and O–H groups in total. The Morgan fingerprint density at radius 3 is 2.50 bits per heavy atom. The van der Waals surface area contributed by atoms with Gasteiger partial charge < -0.3 is 16.0 Å². The monoisotopic (exact) mass is 345 g/mol. The lowest BCUT2D eigenvalue weighted by atomic mass is 10.2. The number of aryl methyl sites for hydroxylation is 2. The molecule has 0 aliphatic carbocycles. The zero-order chi connectivity index (χ0) is 17.4. The van der Waals surface area contributed by atoms with Crippen LogP contribution in [0.1, 0.15) is 21.1 Å². The van der Waals surface area contributed by atoms with Gasteiger partial charge in [-0.3, -0.25) is 9.79 Å². The number of guanidine groups is 1. The topological polar surface area (TPSA) is 78.4 Å². The summed E-state index contributed by atoms with van der Waals surface area (Å²) in [6, 6.07) is 9.82. The van der Waals surface area contributed by atoms with Crippen molar-refractivity contribution in [3.63, 3.8) is 0 Å². The largest absolute Gasteiger partial charge is 0.351 e. The van der Waals surface area contributed by atoms with Crippen molar-refractivity contribution in [3.05, 3.63) is 51.5 Å². The molecule has 1 amide bonds. The molecule has 0 radical (unpaired) electrons. The second-order valence-corrected chi connectivity index (χ2v) is 6.57. The van der Waals surface area contributed by atoms with Gasteiger partial charge in [-0.2, -0.15) is 0 Å². The lowest BCUT2D eigenvalue weighted by Gasteiger charge is -2.11. The predicted octanol–water partition coefficient (Wildman–Crippen LogP) is 1.74. The van der Waals surface area contributed by atoms with E-state index in [9.17, 15) is 4.79 Å². The number of nitrogens with zero attached hydrogens (tertiary/aromatic N) is 2. The lowest BCUT2D eigenvalue weighted by molar-refractivity contribution is -0.120. The number of rotatable bonds is 6. The number of hydrogen-bond acceptors (Lipinski definition) is 4. The maximum atomic E-state index is 11.9. The van der Waals surface area contributed by atoms with Gasteiger partial charge in [-0.15, -0.1) is 11.3 Å². The third kappa shape index (κ3) is 5.66. The van der Waals surface area contributed by atoms with Crippen LogP contribution in [0.25, 0.3) is 0 Å². The molecule has 1 heterocycles.